The number of para-hydroxylation sites is 2. The van der Waals surface area contributed by atoms with Gasteiger partial charge in [0.1, 0.15) is 0 Å². The number of rotatable bonds is 8. The van der Waals surface area contributed by atoms with Gasteiger partial charge >= 0.3 is 0 Å². The smallest absolute Gasteiger partial charge is 0.206 e. The maximum absolute atomic E-state index is 3.60. The lowest BCUT2D eigenvalue weighted by atomic mass is 9.82. The maximum Gasteiger partial charge on any atom is 0.206 e. The van der Waals surface area contributed by atoms with E-state index < -0.39 is 0 Å². The van der Waals surface area contributed by atoms with Gasteiger partial charge in [-0.05, 0) is 67.5 Å². The van der Waals surface area contributed by atoms with Crippen molar-refractivity contribution < 1.29 is 4.58 Å². The second kappa shape index (κ2) is 13.8. The molecule has 0 spiro atoms. The molecule has 4 heteroatoms. The first-order chi connectivity index (χ1) is 22.3. The van der Waals surface area contributed by atoms with Gasteiger partial charge < -0.3 is 15.1 Å². The molecule has 4 nitrogen and oxygen atoms in total. The molecule has 0 amide bonds. The number of nitrogens with zero attached hydrogens (tertiary/aromatic N) is 3. The fourth-order valence-electron chi connectivity index (χ4n) is 8.29. The molecular formula is C42H57N4+. The van der Waals surface area contributed by atoms with Crippen molar-refractivity contribution in [3.63, 3.8) is 0 Å². The van der Waals surface area contributed by atoms with E-state index in [0.717, 1.165) is 52.1 Å². The Bertz CT molecular complexity index is 1470. The van der Waals surface area contributed by atoms with Crippen LogP contribution < -0.4 is 15.1 Å². The van der Waals surface area contributed by atoms with Crippen LogP contribution in [0.25, 0.3) is 0 Å². The normalized spacial score (nSPS) is 24.0. The SMILES string of the molecule is CCCCN1/C(=C\C=C2/CCC/C(=C\C=C3\N(CCCC)c4ccccc4C3(C)C)C2=[N+]2CCNCC2)C(C)(C)c2ccccc21. The number of nitrogens with one attached hydrogen (secondary N) is 1. The fourth-order valence-corrected chi connectivity index (χ4v) is 8.29. The van der Waals surface area contributed by atoms with Gasteiger partial charge in [-0.3, -0.25) is 0 Å². The third-order valence-electron chi connectivity index (χ3n) is 10.9. The Labute approximate surface area is 279 Å². The Morgan fingerprint density at radius 1 is 0.674 bits per heavy atom. The molecule has 6 rings (SSSR count). The predicted octanol–water partition coefficient (Wildman–Crippen LogP) is 9.04. The van der Waals surface area contributed by atoms with Crippen molar-refractivity contribution in [1.29, 1.82) is 0 Å². The van der Waals surface area contributed by atoms with Crippen LogP contribution in [0.1, 0.15) is 97.6 Å². The van der Waals surface area contributed by atoms with Crippen LogP contribution in [0.15, 0.2) is 95.4 Å². The van der Waals surface area contributed by atoms with Crippen molar-refractivity contribution in [3.05, 3.63) is 107 Å². The fraction of sp³-hybridized carbons (Fsp3) is 0.500. The molecule has 3 aliphatic heterocycles. The highest BCUT2D eigenvalue weighted by molar-refractivity contribution is 6.10. The van der Waals surface area contributed by atoms with Crippen LogP contribution in [0, 0.1) is 0 Å². The summed E-state index contributed by atoms with van der Waals surface area (Å²) in [4.78, 5) is 5.21. The van der Waals surface area contributed by atoms with Crippen LogP contribution in [0.5, 0.6) is 0 Å². The Morgan fingerprint density at radius 2 is 1.13 bits per heavy atom. The second-order valence-electron chi connectivity index (χ2n) is 14.7. The van der Waals surface area contributed by atoms with Gasteiger partial charge in [0.2, 0.25) is 5.71 Å². The highest BCUT2D eigenvalue weighted by Gasteiger charge is 2.41. The average Bonchev–Trinajstić information content (AvgIpc) is 3.42. The van der Waals surface area contributed by atoms with Crippen LogP contribution >= 0.6 is 0 Å². The van der Waals surface area contributed by atoms with E-state index in [1.807, 2.05) is 0 Å². The zero-order chi connectivity index (χ0) is 32.3. The molecule has 1 aliphatic carbocycles. The Balaban J connectivity index is 1.42. The quantitative estimate of drug-likeness (QED) is 0.299. The summed E-state index contributed by atoms with van der Waals surface area (Å²) in [5.41, 5.74) is 13.0. The Morgan fingerprint density at radius 3 is 1.59 bits per heavy atom. The third-order valence-corrected chi connectivity index (χ3v) is 10.9. The molecule has 1 saturated heterocycles. The van der Waals surface area contributed by atoms with Gasteiger partial charge in [-0.2, -0.15) is 0 Å². The summed E-state index contributed by atoms with van der Waals surface area (Å²) in [6, 6.07) is 18.1. The number of fused-ring (bicyclic) bond motifs is 2. The Hall–Kier alpha value is -3.37. The van der Waals surface area contributed by atoms with Gasteiger partial charge in [0.15, 0.2) is 13.1 Å². The minimum atomic E-state index is -0.0145. The number of piperazine rings is 1. The van der Waals surface area contributed by atoms with E-state index in [1.54, 1.807) is 0 Å². The van der Waals surface area contributed by atoms with E-state index >= 15 is 0 Å². The summed E-state index contributed by atoms with van der Waals surface area (Å²) in [6.07, 6.45) is 18.3. The summed E-state index contributed by atoms with van der Waals surface area (Å²) in [6.45, 7) is 20.6. The molecule has 244 valence electrons. The number of benzene rings is 2. The number of hydrogen-bond donors (Lipinski definition) is 1. The Kier molecular flexibility index (Phi) is 9.75. The van der Waals surface area contributed by atoms with Crippen LogP contribution in [0.4, 0.5) is 11.4 Å². The topological polar surface area (TPSA) is 21.5 Å². The van der Waals surface area contributed by atoms with Gasteiger partial charge in [0.25, 0.3) is 0 Å². The molecular weight excluding hydrogens is 560 g/mol. The molecule has 2 aromatic carbocycles. The van der Waals surface area contributed by atoms with Gasteiger partial charge in [-0.25, -0.2) is 4.58 Å². The summed E-state index contributed by atoms with van der Waals surface area (Å²) in [5, 5.41) is 3.60. The van der Waals surface area contributed by atoms with Crippen LogP contribution in [-0.2, 0) is 10.8 Å². The number of anilines is 2. The lowest BCUT2D eigenvalue weighted by molar-refractivity contribution is -0.531. The van der Waals surface area contributed by atoms with Crippen molar-refractivity contribution in [3.8, 4) is 0 Å². The zero-order valence-corrected chi connectivity index (χ0v) is 29.5. The third kappa shape index (κ3) is 6.06. The van der Waals surface area contributed by atoms with E-state index in [-0.39, 0.29) is 10.8 Å². The minimum Gasteiger partial charge on any atom is -0.344 e. The molecule has 2 fully saturated rings. The molecule has 0 aromatic heterocycles. The maximum atomic E-state index is 3.60. The van der Waals surface area contributed by atoms with Crippen LogP contribution in [0.2, 0.25) is 0 Å². The van der Waals surface area contributed by atoms with Crippen molar-refractivity contribution in [2.24, 2.45) is 0 Å². The highest BCUT2D eigenvalue weighted by Crippen LogP contribution is 2.49. The molecule has 0 radical (unpaired) electrons. The van der Waals surface area contributed by atoms with Gasteiger partial charge in [0.05, 0.1) is 13.1 Å². The van der Waals surface area contributed by atoms with Gasteiger partial charge in [-0.1, -0.05) is 103 Å². The molecule has 3 heterocycles. The van der Waals surface area contributed by atoms with E-state index in [0.29, 0.717) is 0 Å². The van der Waals surface area contributed by atoms with Crippen molar-refractivity contribution in [2.45, 2.75) is 97.3 Å². The largest absolute Gasteiger partial charge is 0.344 e. The van der Waals surface area contributed by atoms with Crippen LogP contribution in [-0.4, -0.2) is 49.6 Å². The monoisotopic (exact) mass is 617 g/mol. The average molecular weight is 618 g/mol. The van der Waals surface area contributed by atoms with E-state index in [2.05, 4.69) is 134 Å². The summed E-state index contributed by atoms with van der Waals surface area (Å²) < 4.78 is 2.68. The summed E-state index contributed by atoms with van der Waals surface area (Å²) >= 11 is 0. The predicted molar refractivity (Wildman–Crippen MR) is 197 cm³/mol. The molecule has 0 atom stereocenters. The summed E-state index contributed by atoms with van der Waals surface area (Å²) in [7, 11) is 0. The van der Waals surface area contributed by atoms with Gasteiger partial charge in [-0.15, -0.1) is 0 Å². The van der Waals surface area contributed by atoms with Gasteiger partial charge in [0, 0.05) is 57.8 Å². The molecule has 1 saturated carbocycles. The highest BCUT2D eigenvalue weighted by atomic mass is 15.2. The first kappa shape index (κ1) is 32.6. The molecule has 46 heavy (non-hydrogen) atoms. The van der Waals surface area contributed by atoms with E-state index in [4.69, 9.17) is 0 Å². The number of hydrogen-bond acceptors (Lipinski definition) is 3. The standard InChI is InChI=1S/C42H57N4/c1-7-9-28-45-36-20-13-11-18-34(36)41(3,4)38(45)24-22-32-16-15-17-33(40(32)44-30-26-43-27-31-44)23-25-39-42(5,6)35-19-12-14-21-37(35)46(39)29-10-8-2/h11-14,18-25,43H,7-10,15-17,26-31H2,1-6H3/q+1. The number of unbranched alkanes of at least 4 members (excludes halogenated alkanes) is 2. The lowest BCUT2D eigenvalue weighted by Gasteiger charge is -2.28. The number of allylic oxidation sites excluding steroid dienone is 8. The molecule has 2 aromatic rings. The van der Waals surface area contributed by atoms with Crippen LogP contribution in [0.3, 0.4) is 0 Å². The van der Waals surface area contributed by atoms with E-state index in [1.165, 1.54) is 82.9 Å². The first-order valence-corrected chi connectivity index (χ1v) is 18.2. The van der Waals surface area contributed by atoms with Crippen molar-refractivity contribution in [2.75, 3.05) is 49.1 Å². The molecule has 0 bridgehead atoms. The first-order valence-electron chi connectivity index (χ1n) is 18.2. The van der Waals surface area contributed by atoms with Crippen molar-refractivity contribution >= 4 is 17.1 Å². The second-order valence-corrected chi connectivity index (χ2v) is 14.7. The zero-order valence-electron chi connectivity index (χ0n) is 29.5. The lowest BCUT2D eigenvalue weighted by Crippen LogP contribution is -2.42. The van der Waals surface area contributed by atoms with E-state index in [9.17, 15) is 0 Å². The summed E-state index contributed by atoms with van der Waals surface area (Å²) in [5.74, 6) is 0. The molecule has 4 aliphatic rings. The van der Waals surface area contributed by atoms with Crippen molar-refractivity contribution in [1.82, 2.24) is 5.32 Å². The minimum absolute atomic E-state index is 0.0145. The molecule has 1 N–H and O–H groups in total. The molecule has 0 unspecified atom stereocenters.